The fourth-order valence-corrected chi connectivity index (χ4v) is 3.25. The highest BCUT2D eigenvalue weighted by molar-refractivity contribution is 7.99. The van der Waals surface area contributed by atoms with Gasteiger partial charge < -0.3 is 15.2 Å². The van der Waals surface area contributed by atoms with Crippen molar-refractivity contribution < 1.29 is 14.7 Å². The van der Waals surface area contributed by atoms with Gasteiger partial charge in [-0.1, -0.05) is 54.6 Å². The molecule has 0 aromatic heterocycles. The monoisotopic (exact) mass is 350 g/mol. The van der Waals surface area contributed by atoms with Crippen molar-refractivity contribution in [3.63, 3.8) is 0 Å². The largest absolute Gasteiger partial charge is 0.545 e. The number of carbonyl (C=O) groups is 2. The fraction of sp³-hybridized carbons (Fsp3) is 0.100. The van der Waals surface area contributed by atoms with E-state index < -0.39 is 5.97 Å². The van der Waals surface area contributed by atoms with Gasteiger partial charge >= 0.3 is 0 Å². The summed E-state index contributed by atoms with van der Waals surface area (Å²) in [4.78, 5) is 22.7. The van der Waals surface area contributed by atoms with Crippen molar-refractivity contribution in [1.82, 2.24) is 0 Å². The number of nitrogens with one attached hydrogen (secondary N) is 1. The highest BCUT2D eigenvalue weighted by atomic mass is 32.2. The van der Waals surface area contributed by atoms with Crippen molar-refractivity contribution in [2.24, 2.45) is 0 Å². The molecule has 3 aromatic rings. The molecule has 0 saturated carbocycles. The molecule has 0 radical (unpaired) electrons. The maximum absolute atomic E-state index is 12.0. The van der Waals surface area contributed by atoms with Gasteiger partial charge in [0.05, 0.1) is 11.7 Å². The van der Waals surface area contributed by atoms with Crippen LogP contribution in [0.5, 0.6) is 0 Å². The smallest absolute Gasteiger partial charge is 0.234 e. The van der Waals surface area contributed by atoms with E-state index in [1.165, 1.54) is 40.2 Å². The van der Waals surface area contributed by atoms with E-state index in [1.807, 2.05) is 12.1 Å². The number of benzene rings is 3. The van der Waals surface area contributed by atoms with Crippen molar-refractivity contribution in [3.8, 4) is 0 Å². The van der Waals surface area contributed by atoms with E-state index in [1.54, 1.807) is 12.1 Å². The van der Waals surface area contributed by atoms with Crippen LogP contribution in [0.3, 0.4) is 0 Å². The minimum atomic E-state index is -1.23. The predicted molar refractivity (Wildman–Crippen MR) is 99.5 cm³/mol. The summed E-state index contributed by atoms with van der Waals surface area (Å²) >= 11 is 1.53. The van der Waals surface area contributed by atoms with Crippen LogP contribution in [0.1, 0.15) is 15.9 Å². The minimum absolute atomic E-state index is 0.0867. The second-order valence-corrected chi connectivity index (χ2v) is 6.57. The Morgan fingerprint density at radius 1 is 0.920 bits per heavy atom. The predicted octanol–water partition coefficient (Wildman–Crippen LogP) is 3.08. The molecule has 0 unspecified atom stereocenters. The molecule has 1 amide bonds. The molecule has 0 atom stereocenters. The van der Waals surface area contributed by atoms with Gasteiger partial charge in [-0.15, -0.1) is 11.8 Å². The van der Waals surface area contributed by atoms with Crippen molar-refractivity contribution in [3.05, 3.63) is 77.9 Å². The number of anilines is 1. The molecule has 0 aliphatic carbocycles. The first-order chi connectivity index (χ1) is 12.1. The number of rotatable bonds is 6. The van der Waals surface area contributed by atoms with Gasteiger partial charge in [0.2, 0.25) is 5.91 Å². The normalized spacial score (nSPS) is 10.6. The first-order valence-corrected chi connectivity index (χ1v) is 8.94. The van der Waals surface area contributed by atoms with Crippen molar-refractivity contribution in [1.29, 1.82) is 0 Å². The Balaban J connectivity index is 1.50. The highest BCUT2D eigenvalue weighted by Crippen LogP contribution is 2.19. The Kier molecular flexibility index (Phi) is 5.36. The summed E-state index contributed by atoms with van der Waals surface area (Å²) in [5, 5.41) is 15.8. The molecule has 126 valence electrons. The molecule has 0 bridgehead atoms. The van der Waals surface area contributed by atoms with Crippen molar-refractivity contribution in [2.45, 2.75) is 5.75 Å². The first-order valence-electron chi connectivity index (χ1n) is 7.78. The minimum Gasteiger partial charge on any atom is -0.545 e. The molecule has 3 aromatic carbocycles. The van der Waals surface area contributed by atoms with Crippen molar-refractivity contribution in [2.75, 3.05) is 11.1 Å². The van der Waals surface area contributed by atoms with Crippen LogP contribution in [0.4, 0.5) is 5.69 Å². The third-order valence-corrected chi connectivity index (χ3v) is 4.72. The number of fused-ring (bicyclic) bond motifs is 1. The van der Waals surface area contributed by atoms with Crippen LogP contribution >= 0.6 is 11.8 Å². The lowest BCUT2D eigenvalue weighted by Gasteiger charge is -2.07. The Morgan fingerprint density at radius 3 is 2.36 bits per heavy atom. The highest BCUT2D eigenvalue weighted by Gasteiger charge is 2.04. The van der Waals surface area contributed by atoms with E-state index in [2.05, 4.69) is 35.6 Å². The summed E-state index contributed by atoms with van der Waals surface area (Å²) in [6, 6.07) is 20.4. The molecule has 0 saturated heterocycles. The number of hydrogen-bond acceptors (Lipinski definition) is 4. The molecule has 5 heteroatoms. The van der Waals surface area contributed by atoms with Gasteiger partial charge in [0.25, 0.3) is 0 Å². The molecular formula is C20H16NO3S-. The summed E-state index contributed by atoms with van der Waals surface area (Å²) < 4.78 is 0. The van der Waals surface area contributed by atoms with Gasteiger partial charge in [0.1, 0.15) is 0 Å². The van der Waals surface area contributed by atoms with Crippen molar-refractivity contribution >= 4 is 40.1 Å². The number of hydrogen-bond donors (Lipinski definition) is 1. The van der Waals surface area contributed by atoms with Gasteiger partial charge in [-0.25, -0.2) is 0 Å². The first kappa shape index (κ1) is 17.0. The van der Waals surface area contributed by atoms with E-state index in [0.717, 1.165) is 5.75 Å². The lowest BCUT2D eigenvalue weighted by Crippen LogP contribution is -2.22. The summed E-state index contributed by atoms with van der Waals surface area (Å²) in [6.45, 7) is 0. The molecular weight excluding hydrogens is 334 g/mol. The van der Waals surface area contributed by atoms with Crippen LogP contribution in [-0.4, -0.2) is 17.6 Å². The van der Waals surface area contributed by atoms with Crippen LogP contribution in [-0.2, 0) is 10.5 Å². The standard InChI is InChI=1S/C20H17NO3S/c22-19(21-18-9-7-16(8-10-18)20(23)24)13-25-12-14-5-6-15-3-1-2-4-17(15)11-14/h1-11H,12-13H2,(H,21,22)(H,23,24)/p-1. The van der Waals surface area contributed by atoms with E-state index in [9.17, 15) is 14.7 Å². The number of carbonyl (C=O) groups excluding carboxylic acids is 2. The van der Waals surface area contributed by atoms with Crippen LogP contribution in [0.15, 0.2) is 66.7 Å². The molecule has 0 aliphatic rings. The third-order valence-electron chi connectivity index (χ3n) is 3.72. The van der Waals surface area contributed by atoms with Crippen LogP contribution in [0, 0.1) is 0 Å². The molecule has 0 heterocycles. The van der Waals surface area contributed by atoms with Gasteiger partial charge in [-0.3, -0.25) is 4.79 Å². The van der Waals surface area contributed by atoms with Gasteiger partial charge in [-0.05, 0) is 34.0 Å². The van der Waals surface area contributed by atoms with Crippen LogP contribution in [0.2, 0.25) is 0 Å². The molecule has 25 heavy (non-hydrogen) atoms. The van der Waals surface area contributed by atoms with Gasteiger partial charge in [0, 0.05) is 11.4 Å². The number of amides is 1. The van der Waals surface area contributed by atoms with E-state index in [-0.39, 0.29) is 11.5 Å². The van der Waals surface area contributed by atoms with E-state index in [0.29, 0.717) is 11.4 Å². The third kappa shape index (κ3) is 4.61. The zero-order valence-electron chi connectivity index (χ0n) is 13.4. The van der Waals surface area contributed by atoms with Gasteiger partial charge in [0.15, 0.2) is 0 Å². The number of carboxylic acid groups (broad SMARTS) is 1. The van der Waals surface area contributed by atoms with E-state index >= 15 is 0 Å². The summed E-state index contributed by atoms with van der Waals surface area (Å²) in [6.07, 6.45) is 0. The lowest BCUT2D eigenvalue weighted by atomic mass is 10.1. The Bertz CT molecular complexity index is 906. The number of carboxylic acids is 1. The van der Waals surface area contributed by atoms with Crippen LogP contribution in [0.25, 0.3) is 10.8 Å². The summed E-state index contributed by atoms with van der Waals surface area (Å²) in [5.74, 6) is -0.271. The molecule has 0 aliphatic heterocycles. The number of thioether (sulfide) groups is 1. The lowest BCUT2D eigenvalue weighted by molar-refractivity contribution is -0.255. The quantitative estimate of drug-likeness (QED) is 0.742. The second-order valence-electron chi connectivity index (χ2n) is 5.59. The van der Waals surface area contributed by atoms with E-state index in [4.69, 9.17) is 0 Å². The molecule has 4 nitrogen and oxygen atoms in total. The maximum atomic E-state index is 12.0. The Morgan fingerprint density at radius 2 is 1.64 bits per heavy atom. The zero-order valence-corrected chi connectivity index (χ0v) is 14.2. The average molecular weight is 350 g/mol. The second kappa shape index (κ2) is 7.85. The Hall–Kier alpha value is -2.79. The molecule has 1 N–H and O–H groups in total. The maximum Gasteiger partial charge on any atom is 0.234 e. The Labute approximate surface area is 149 Å². The summed E-state index contributed by atoms with van der Waals surface area (Å²) in [7, 11) is 0. The molecule has 3 rings (SSSR count). The zero-order chi connectivity index (χ0) is 17.6. The topological polar surface area (TPSA) is 69.2 Å². The molecule has 0 spiro atoms. The fourth-order valence-electron chi connectivity index (χ4n) is 2.48. The average Bonchev–Trinajstić information content (AvgIpc) is 2.62. The molecule has 0 fully saturated rings. The number of aromatic carboxylic acids is 1. The van der Waals surface area contributed by atoms with Crippen LogP contribution < -0.4 is 10.4 Å². The van der Waals surface area contributed by atoms with Gasteiger partial charge in [-0.2, -0.15) is 0 Å². The summed E-state index contributed by atoms with van der Waals surface area (Å²) in [5.41, 5.74) is 1.83. The SMILES string of the molecule is O=C(CSCc1ccc2ccccc2c1)Nc1ccc(C(=O)[O-])cc1.